The van der Waals surface area contributed by atoms with E-state index < -0.39 is 0 Å². The number of benzene rings is 2. The Hall–Kier alpha value is -2.82. The molecule has 0 radical (unpaired) electrons. The molecule has 0 bridgehead atoms. The molecular formula is C22H26N2O3. The second-order valence-electron chi connectivity index (χ2n) is 6.83. The summed E-state index contributed by atoms with van der Waals surface area (Å²) in [7, 11) is 0. The molecule has 1 aliphatic heterocycles. The largest absolute Gasteiger partial charge is 0.494 e. The number of carbonyl (C=O) groups is 2. The molecule has 27 heavy (non-hydrogen) atoms. The smallest absolute Gasteiger partial charge is 0.255 e. The molecule has 0 saturated carbocycles. The maximum Gasteiger partial charge on any atom is 0.255 e. The van der Waals surface area contributed by atoms with Crippen molar-refractivity contribution in [3.05, 3.63) is 53.6 Å². The van der Waals surface area contributed by atoms with Gasteiger partial charge in [-0.15, -0.1) is 0 Å². The molecule has 2 amide bonds. The fourth-order valence-electron chi connectivity index (χ4n) is 3.11. The van der Waals surface area contributed by atoms with Gasteiger partial charge in [0, 0.05) is 29.9 Å². The van der Waals surface area contributed by atoms with E-state index in [1.807, 2.05) is 37.3 Å². The number of amides is 2. The van der Waals surface area contributed by atoms with Crippen LogP contribution in [0.15, 0.2) is 42.5 Å². The summed E-state index contributed by atoms with van der Waals surface area (Å²) < 4.78 is 5.70. The highest BCUT2D eigenvalue weighted by molar-refractivity contribution is 6.05. The van der Waals surface area contributed by atoms with Gasteiger partial charge in [-0.2, -0.15) is 0 Å². The first-order valence-electron chi connectivity index (χ1n) is 9.53. The monoisotopic (exact) mass is 366 g/mol. The third-order valence-electron chi connectivity index (χ3n) is 4.73. The zero-order valence-electron chi connectivity index (χ0n) is 16.0. The minimum absolute atomic E-state index is 0.143. The highest BCUT2D eigenvalue weighted by atomic mass is 16.5. The first-order chi connectivity index (χ1) is 13.1. The summed E-state index contributed by atoms with van der Waals surface area (Å²) in [6.07, 6.45) is 3.60. The standard InChI is InChI=1S/C22H26N2O3/c1-3-4-14-27-19-11-12-20(16(2)15-19)23-22(26)17-7-9-18(10-8-17)24-13-5-6-21(24)25/h7-12,15H,3-6,13-14H2,1-2H3,(H,23,26). The van der Waals surface area contributed by atoms with Crippen LogP contribution in [0.5, 0.6) is 5.75 Å². The molecule has 5 heteroatoms. The summed E-state index contributed by atoms with van der Waals surface area (Å²) in [4.78, 5) is 26.1. The lowest BCUT2D eigenvalue weighted by Crippen LogP contribution is -2.23. The molecule has 1 saturated heterocycles. The second kappa shape index (κ2) is 8.71. The average Bonchev–Trinajstić information content (AvgIpc) is 3.10. The summed E-state index contributed by atoms with van der Waals surface area (Å²) >= 11 is 0. The first-order valence-corrected chi connectivity index (χ1v) is 9.53. The quantitative estimate of drug-likeness (QED) is 0.731. The van der Waals surface area contributed by atoms with Crippen LogP contribution in [-0.4, -0.2) is 25.0 Å². The van der Waals surface area contributed by atoms with Gasteiger partial charge >= 0.3 is 0 Å². The number of ether oxygens (including phenoxy) is 1. The Morgan fingerprint density at radius 3 is 2.59 bits per heavy atom. The predicted molar refractivity (Wildman–Crippen MR) is 108 cm³/mol. The van der Waals surface area contributed by atoms with Gasteiger partial charge in [-0.25, -0.2) is 0 Å². The Bertz CT molecular complexity index is 815. The van der Waals surface area contributed by atoms with E-state index in [-0.39, 0.29) is 11.8 Å². The van der Waals surface area contributed by atoms with Gasteiger partial charge in [-0.1, -0.05) is 13.3 Å². The molecule has 2 aromatic rings. The highest BCUT2D eigenvalue weighted by Crippen LogP contribution is 2.24. The molecule has 3 rings (SSSR count). The molecule has 0 spiro atoms. The van der Waals surface area contributed by atoms with Crippen molar-refractivity contribution in [2.24, 2.45) is 0 Å². The van der Waals surface area contributed by atoms with Crippen LogP contribution < -0.4 is 15.0 Å². The Balaban J connectivity index is 1.63. The van der Waals surface area contributed by atoms with Crippen molar-refractivity contribution < 1.29 is 14.3 Å². The van der Waals surface area contributed by atoms with E-state index in [0.29, 0.717) is 18.6 Å². The number of hydrogen-bond donors (Lipinski definition) is 1. The molecule has 0 aromatic heterocycles. The molecular weight excluding hydrogens is 340 g/mol. The van der Waals surface area contributed by atoms with Crippen molar-refractivity contribution in [3.8, 4) is 5.75 Å². The van der Waals surface area contributed by atoms with E-state index in [1.165, 1.54) is 0 Å². The minimum atomic E-state index is -0.169. The summed E-state index contributed by atoms with van der Waals surface area (Å²) in [5.74, 6) is 0.791. The Morgan fingerprint density at radius 2 is 1.96 bits per heavy atom. The number of nitrogens with zero attached hydrogens (tertiary/aromatic N) is 1. The van der Waals surface area contributed by atoms with Crippen molar-refractivity contribution in [2.75, 3.05) is 23.4 Å². The molecule has 1 N–H and O–H groups in total. The lowest BCUT2D eigenvalue weighted by atomic mass is 10.1. The molecule has 0 aliphatic carbocycles. The van der Waals surface area contributed by atoms with Gasteiger partial charge in [0.1, 0.15) is 5.75 Å². The number of hydrogen-bond acceptors (Lipinski definition) is 3. The normalized spacial score (nSPS) is 13.7. The molecule has 2 aromatic carbocycles. The fraction of sp³-hybridized carbons (Fsp3) is 0.364. The summed E-state index contributed by atoms with van der Waals surface area (Å²) in [6.45, 7) is 5.52. The average molecular weight is 366 g/mol. The number of nitrogens with one attached hydrogen (secondary N) is 1. The molecule has 1 heterocycles. The van der Waals surface area contributed by atoms with E-state index in [9.17, 15) is 9.59 Å². The van der Waals surface area contributed by atoms with E-state index >= 15 is 0 Å². The maximum absolute atomic E-state index is 12.5. The Morgan fingerprint density at radius 1 is 1.19 bits per heavy atom. The van der Waals surface area contributed by atoms with Gasteiger partial charge in [0.2, 0.25) is 5.91 Å². The van der Waals surface area contributed by atoms with Crippen LogP contribution >= 0.6 is 0 Å². The number of rotatable bonds is 7. The molecule has 142 valence electrons. The molecule has 0 unspecified atom stereocenters. The third-order valence-corrected chi connectivity index (χ3v) is 4.73. The van der Waals surface area contributed by atoms with E-state index in [1.54, 1.807) is 17.0 Å². The Kier molecular flexibility index (Phi) is 6.12. The number of unbranched alkanes of at least 4 members (excludes halogenated alkanes) is 1. The zero-order chi connectivity index (χ0) is 19.2. The fourth-order valence-corrected chi connectivity index (χ4v) is 3.11. The number of carbonyl (C=O) groups excluding carboxylic acids is 2. The van der Waals surface area contributed by atoms with Crippen LogP contribution in [-0.2, 0) is 4.79 Å². The van der Waals surface area contributed by atoms with Crippen molar-refractivity contribution in [1.82, 2.24) is 0 Å². The zero-order valence-corrected chi connectivity index (χ0v) is 16.0. The minimum Gasteiger partial charge on any atom is -0.494 e. The van der Waals surface area contributed by atoms with Gasteiger partial charge in [-0.3, -0.25) is 9.59 Å². The van der Waals surface area contributed by atoms with E-state index in [2.05, 4.69) is 12.2 Å². The van der Waals surface area contributed by atoms with Crippen LogP contribution in [0.25, 0.3) is 0 Å². The Labute approximate surface area is 160 Å². The summed E-state index contributed by atoms with van der Waals surface area (Å²) in [5.41, 5.74) is 3.13. The molecule has 0 atom stereocenters. The van der Waals surface area contributed by atoms with Crippen molar-refractivity contribution in [3.63, 3.8) is 0 Å². The van der Waals surface area contributed by atoms with Crippen LogP contribution in [0.3, 0.4) is 0 Å². The third kappa shape index (κ3) is 4.67. The van der Waals surface area contributed by atoms with Gasteiger partial charge in [-0.05, 0) is 67.8 Å². The second-order valence-corrected chi connectivity index (χ2v) is 6.83. The van der Waals surface area contributed by atoms with Crippen LogP contribution in [0, 0.1) is 6.92 Å². The topological polar surface area (TPSA) is 58.6 Å². The van der Waals surface area contributed by atoms with Gasteiger partial charge in [0.15, 0.2) is 0 Å². The summed E-state index contributed by atoms with van der Waals surface area (Å²) in [5, 5.41) is 2.94. The highest BCUT2D eigenvalue weighted by Gasteiger charge is 2.21. The van der Waals surface area contributed by atoms with Crippen molar-refractivity contribution in [2.45, 2.75) is 39.5 Å². The van der Waals surface area contributed by atoms with Crippen LogP contribution in [0.4, 0.5) is 11.4 Å². The summed E-state index contributed by atoms with van der Waals surface area (Å²) in [6, 6.07) is 12.9. The molecule has 1 aliphatic rings. The SMILES string of the molecule is CCCCOc1ccc(NC(=O)c2ccc(N3CCCC3=O)cc2)c(C)c1. The number of anilines is 2. The van der Waals surface area contributed by atoms with Crippen molar-refractivity contribution in [1.29, 1.82) is 0 Å². The van der Waals surface area contributed by atoms with E-state index in [0.717, 1.165) is 48.5 Å². The van der Waals surface area contributed by atoms with Crippen molar-refractivity contribution >= 4 is 23.2 Å². The van der Waals surface area contributed by atoms with Gasteiger partial charge in [0.25, 0.3) is 5.91 Å². The van der Waals surface area contributed by atoms with Crippen LogP contribution in [0.2, 0.25) is 0 Å². The van der Waals surface area contributed by atoms with Gasteiger partial charge < -0.3 is 15.0 Å². The number of aryl methyl sites for hydroxylation is 1. The molecule has 1 fully saturated rings. The van der Waals surface area contributed by atoms with E-state index in [4.69, 9.17) is 4.74 Å². The first kappa shape index (κ1) is 19.0. The lowest BCUT2D eigenvalue weighted by molar-refractivity contribution is -0.117. The van der Waals surface area contributed by atoms with Gasteiger partial charge in [0.05, 0.1) is 6.61 Å². The predicted octanol–water partition coefficient (Wildman–Crippen LogP) is 4.55. The lowest BCUT2D eigenvalue weighted by Gasteiger charge is -2.16. The molecule has 5 nitrogen and oxygen atoms in total. The maximum atomic E-state index is 12.5. The van der Waals surface area contributed by atoms with Crippen LogP contribution in [0.1, 0.15) is 48.5 Å².